The molecule has 36 heavy (non-hydrogen) atoms. The van der Waals surface area contributed by atoms with E-state index in [-0.39, 0.29) is 42.2 Å². The molecule has 0 saturated carbocycles. The van der Waals surface area contributed by atoms with Crippen LogP contribution in [0.1, 0.15) is 21.6 Å². The molecule has 1 N–H and O–H groups in total. The molecule has 0 radical (unpaired) electrons. The van der Waals surface area contributed by atoms with E-state index in [9.17, 15) is 9.59 Å². The van der Waals surface area contributed by atoms with E-state index in [0.29, 0.717) is 22.8 Å². The standard InChI is InChI=1S/C25H21FN6O3S/c1-15-10-17(6-7-20(15)27-2)31-23(34)25(13-35-14-25)32(24(31)36)18-5-4-16(19(26)11-18)12-28-22(33)21-8-9-29-30(21)3/h4-11H,12-14H2,1,3H3,(H,28,33). The number of anilines is 2. The highest BCUT2D eigenvalue weighted by atomic mass is 32.1. The number of thiocarbonyl (C=S) groups is 1. The number of ether oxygens (including phenoxy) is 1. The highest BCUT2D eigenvalue weighted by molar-refractivity contribution is 7.81. The monoisotopic (exact) mass is 504 g/mol. The van der Waals surface area contributed by atoms with E-state index in [1.165, 1.54) is 21.8 Å². The molecule has 0 aliphatic carbocycles. The number of benzene rings is 2. The number of aromatic nitrogens is 2. The number of halogens is 1. The molecule has 182 valence electrons. The number of carbonyl (C=O) groups excluding carboxylic acids is 2. The molecule has 5 rings (SSSR count). The molecule has 3 aromatic rings. The van der Waals surface area contributed by atoms with E-state index in [0.717, 1.165) is 5.56 Å². The molecule has 2 saturated heterocycles. The van der Waals surface area contributed by atoms with Crippen molar-refractivity contribution < 1.29 is 18.7 Å². The normalized spacial score (nSPS) is 16.3. The Balaban J connectivity index is 1.42. The summed E-state index contributed by atoms with van der Waals surface area (Å²) >= 11 is 5.70. The van der Waals surface area contributed by atoms with Crippen LogP contribution in [0, 0.1) is 19.3 Å². The number of amides is 2. The van der Waals surface area contributed by atoms with Crippen molar-refractivity contribution in [3.8, 4) is 0 Å². The first kappa shape index (κ1) is 23.6. The molecule has 1 aromatic heterocycles. The maximum atomic E-state index is 15.1. The molecule has 2 aliphatic heterocycles. The summed E-state index contributed by atoms with van der Waals surface area (Å²) in [6.45, 7) is 9.26. The van der Waals surface area contributed by atoms with Crippen LogP contribution in [0.15, 0.2) is 48.7 Å². The van der Waals surface area contributed by atoms with Crippen molar-refractivity contribution in [3.05, 3.63) is 82.7 Å². The zero-order valence-corrected chi connectivity index (χ0v) is 20.3. The average molecular weight is 505 g/mol. The first-order valence-corrected chi connectivity index (χ1v) is 11.5. The van der Waals surface area contributed by atoms with Crippen molar-refractivity contribution >= 4 is 46.2 Å². The Morgan fingerprint density at radius 1 is 1.25 bits per heavy atom. The quantitative estimate of drug-likeness (QED) is 0.424. The average Bonchev–Trinajstić information content (AvgIpc) is 3.35. The minimum atomic E-state index is -1.06. The second kappa shape index (κ2) is 8.82. The summed E-state index contributed by atoms with van der Waals surface area (Å²) in [6, 6.07) is 11.2. The summed E-state index contributed by atoms with van der Waals surface area (Å²) in [5, 5.41) is 6.85. The molecule has 0 bridgehead atoms. The van der Waals surface area contributed by atoms with Crippen LogP contribution < -0.4 is 15.1 Å². The van der Waals surface area contributed by atoms with Crippen LogP contribution >= 0.6 is 12.2 Å². The number of rotatable bonds is 5. The summed E-state index contributed by atoms with van der Waals surface area (Å²) in [7, 11) is 1.65. The Kier molecular flexibility index (Phi) is 5.78. The van der Waals surface area contributed by atoms with Crippen LogP contribution in [-0.2, 0) is 23.1 Å². The van der Waals surface area contributed by atoms with Gasteiger partial charge in [-0.05, 0) is 55.0 Å². The fraction of sp³-hybridized carbons (Fsp3) is 0.240. The van der Waals surface area contributed by atoms with Crippen molar-refractivity contribution in [3.63, 3.8) is 0 Å². The second-order valence-electron chi connectivity index (χ2n) is 8.66. The summed E-state index contributed by atoms with van der Waals surface area (Å²) in [6.07, 6.45) is 1.51. The maximum absolute atomic E-state index is 15.1. The maximum Gasteiger partial charge on any atom is 0.269 e. The zero-order chi connectivity index (χ0) is 25.6. The van der Waals surface area contributed by atoms with Gasteiger partial charge < -0.3 is 10.1 Å². The van der Waals surface area contributed by atoms with Crippen molar-refractivity contribution in [2.45, 2.75) is 19.0 Å². The highest BCUT2D eigenvalue weighted by Crippen LogP contribution is 2.41. The first-order chi connectivity index (χ1) is 17.3. The summed E-state index contributed by atoms with van der Waals surface area (Å²) in [5.41, 5.74) is 1.74. The Hall–Kier alpha value is -4.14. The van der Waals surface area contributed by atoms with E-state index < -0.39 is 11.4 Å². The van der Waals surface area contributed by atoms with Crippen LogP contribution in [0.3, 0.4) is 0 Å². The van der Waals surface area contributed by atoms with Gasteiger partial charge in [-0.25, -0.2) is 9.24 Å². The van der Waals surface area contributed by atoms with Gasteiger partial charge in [0.2, 0.25) is 0 Å². The van der Waals surface area contributed by atoms with Crippen LogP contribution in [0.5, 0.6) is 0 Å². The lowest BCUT2D eigenvalue weighted by Crippen LogP contribution is -2.64. The van der Waals surface area contributed by atoms with Crippen LogP contribution in [0.25, 0.3) is 4.85 Å². The van der Waals surface area contributed by atoms with Gasteiger partial charge in [-0.1, -0.05) is 12.1 Å². The van der Waals surface area contributed by atoms with Gasteiger partial charge in [-0.3, -0.25) is 24.1 Å². The van der Waals surface area contributed by atoms with E-state index in [4.69, 9.17) is 23.5 Å². The van der Waals surface area contributed by atoms with Crippen molar-refractivity contribution in [2.75, 3.05) is 23.0 Å². The van der Waals surface area contributed by atoms with Crippen molar-refractivity contribution in [1.82, 2.24) is 15.1 Å². The SMILES string of the molecule is [C-]#[N+]c1ccc(N2C(=O)C3(COC3)N(c3ccc(CNC(=O)c4ccnn4C)c(F)c3)C2=S)cc1C. The zero-order valence-electron chi connectivity index (χ0n) is 19.5. The molecule has 0 unspecified atom stereocenters. The molecule has 2 fully saturated rings. The van der Waals surface area contributed by atoms with Gasteiger partial charge in [0.15, 0.2) is 16.3 Å². The number of hydrogen-bond donors (Lipinski definition) is 1. The van der Waals surface area contributed by atoms with Crippen molar-refractivity contribution in [1.29, 1.82) is 0 Å². The Bertz CT molecular complexity index is 1460. The molecular formula is C25H21FN6O3S. The number of hydrogen-bond acceptors (Lipinski definition) is 5. The number of carbonyl (C=O) groups is 2. The Labute approximate surface area is 211 Å². The predicted molar refractivity (Wildman–Crippen MR) is 134 cm³/mol. The summed E-state index contributed by atoms with van der Waals surface area (Å²) in [4.78, 5) is 32.4. The summed E-state index contributed by atoms with van der Waals surface area (Å²) < 4.78 is 22.0. The van der Waals surface area contributed by atoms with E-state index in [2.05, 4.69) is 15.3 Å². The lowest BCUT2D eigenvalue weighted by Gasteiger charge is -2.42. The molecule has 2 amide bonds. The molecule has 9 nitrogen and oxygen atoms in total. The molecule has 2 aliphatic rings. The van der Waals surface area contributed by atoms with E-state index >= 15 is 4.39 Å². The third-order valence-electron chi connectivity index (χ3n) is 6.44. The largest absolute Gasteiger partial charge is 0.375 e. The lowest BCUT2D eigenvalue weighted by molar-refractivity contribution is -0.136. The smallest absolute Gasteiger partial charge is 0.269 e. The Morgan fingerprint density at radius 3 is 2.58 bits per heavy atom. The van der Waals surface area contributed by atoms with E-state index in [1.807, 2.05) is 0 Å². The minimum absolute atomic E-state index is 0.0213. The third-order valence-corrected chi connectivity index (χ3v) is 6.81. The van der Waals surface area contributed by atoms with Gasteiger partial charge in [0, 0.05) is 36.7 Å². The van der Waals surface area contributed by atoms with Crippen LogP contribution in [0.2, 0.25) is 0 Å². The highest BCUT2D eigenvalue weighted by Gasteiger charge is 2.61. The third kappa shape index (κ3) is 3.62. The molecule has 3 heterocycles. The second-order valence-corrected chi connectivity index (χ2v) is 9.03. The first-order valence-electron chi connectivity index (χ1n) is 11.1. The van der Waals surface area contributed by atoms with Gasteiger partial charge in [0.1, 0.15) is 11.5 Å². The number of nitrogens with one attached hydrogen (secondary N) is 1. The molecule has 11 heteroatoms. The fourth-order valence-corrected chi connectivity index (χ4v) is 4.86. The lowest BCUT2D eigenvalue weighted by atomic mass is 9.94. The molecule has 0 atom stereocenters. The minimum Gasteiger partial charge on any atom is -0.375 e. The number of aryl methyl sites for hydroxylation is 2. The van der Waals surface area contributed by atoms with Crippen molar-refractivity contribution in [2.24, 2.45) is 7.05 Å². The summed E-state index contributed by atoms with van der Waals surface area (Å²) in [5.74, 6) is -1.17. The van der Waals surface area contributed by atoms with Gasteiger partial charge in [-0.2, -0.15) is 5.10 Å². The van der Waals surface area contributed by atoms with Gasteiger partial charge in [0.05, 0.1) is 19.8 Å². The van der Waals surface area contributed by atoms with Gasteiger partial charge in [0.25, 0.3) is 11.8 Å². The van der Waals surface area contributed by atoms with Gasteiger partial charge in [-0.15, -0.1) is 0 Å². The number of nitrogens with zero attached hydrogens (tertiary/aromatic N) is 5. The fourth-order valence-electron chi connectivity index (χ4n) is 4.39. The van der Waals surface area contributed by atoms with Crippen LogP contribution in [0.4, 0.5) is 21.5 Å². The van der Waals surface area contributed by atoms with E-state index in [1.54, 1.807) is 55.3 Å². The molecule has 2 aromatic carbocycles. The molecule has 1 spiro atoms. The Morgan fingerprint density at radius 2 is 2.00 bits per heavy atom. The molecular weight excluding hydrogens is 483 g/mol. The van der Waals surface area contributed by atoms with Crippen LogP contribution in [-0.4, -0.2) is 45.5 Å². The topological polar surface area (TPSA) is 84.1 Å². The van der Waals surface area contributed by atoms with Gasteiger partial charge >= 0.3 is 0 Å². The predicted octanol–water partition coefficient (Wildman–Crippen LogP) is 3.26.